The SMILES string of the molecule is CC(C)(C)[Si](C)(C)O[C@@H]1[C@H](OC(=O)c2ccccc2)[C@@H](O)O[C@H](CO[Si](c2ccccc2)(c2ccccc2)C(C)(C)C)[C@H]1OC(=O)c1ccccc1. The summed E-state index contributed by atoms with van der Waals surface area (Å²) >= 11 is 0. The second-order valence-corrected chi connectivity index (χ2v) is 24.9. The number of ether oxygens (including phenoxy) is 3. The van der Waals surface area contributed by atoms with Crippen LogP contribution in [0.2, 0.25) is 23.2 Å². The molecule has 0 radical (unpaired) electrons. The van der Waals surface area contributed by atoms with Crippen LogP contribution in [0.4, 0.5) is 0 Å². The Balaban J connectivity index is 1.61. The Labute approximate surface area is 310 Å². The minimum Gasteiger partial charge on any atom is -0.453 e. The van der Waals surface area contributed by atoms with Gasteiger partial charge >= 0.3 is 11.9 Å². The molecular formula is C42H52O8Si2. The smallest absolute Gasteiger partial charge is 0.338 e. The van der Waals surface area contributed by atoms with Gasteiger partial charge in [-0.25, -0.2) is 9.59 Å². The van der Waals surface area contributed by atoms with Crippen LogP contribution in [-0.2, 0) is 23.1 Å². The molecule has 52 heavy (non-hydrogen) atoms. The monoisotopic (exact) mass is 740 g/mol. The van der Waals surface area contributed by atoms with Gasteiger partial charge in [-0.15, -0.1) is 0 Å². The van der Waals surface area contributed by atoms with Gasteiger partial charge in [-0.05, 0) is 57.8 Å². The fourth-order valence-electron chi connectivity index (χ4n) is 6.45. The molecule has 0 aromatic heterocycles. The van der Waals surface area contributed by atoms with E-state index in [-0.39, 0.29) is 16.7 Å². The molecule has 1 aliphatic rings. The standard InChI is InChI=1S/C42H52O8Si2/c1-41(2,3)51(7,8)50-36-35(48-38(43)30-21-13-9-14-22-30)34(47-40(45)37(36)49-39(44)31-23-15-10-16-24-31)29-46-52(42(4,5)6,32-25-17-11-18-26-32)33-27-19-12-20-28-33/h9-28,34-37,40,45H,29H2,1-8H3/t34-,35-,36+,37+,40+/m1/s1. The summed E-state index contributed by atoms with van der Waals surface area (Å²) in [6, 6.07) is 37.6. The van der Waals surface area contributed by atoms with E-state index >= 15 is 0 Å². The normalized spacial score (nSPS) is 21.3. The van der Waals surface area contributed by atoms with Gasteiger partial charge in [0, 0.05) is 0 Å². The Morgan fingerprint density at radius 1 is 0.615 bits per heavy atom. The molecule has 0 bridgehead atoms. The van der Waals surface area contributed by atoms with Crippen LogP contribution >= 0.6 is 0 Å². The molecule has 0 aliphatic carbocycles. The van der Waals surface area contributed by atoms with Crippen LogP contribution < -0.4 is 10.4 Å². The van der Waals surface area contributed by atoms with Crippen molar-refractivity contribution in [3.63, 3.8) is 0 Å². The zero-order chi connectivity index (χ0) is 37.7. The Hall–Kier alpha value is -3.91. The van der Waals surface area contributed by atoms with Crippen molar-refractivity contribution in [3.8, 4) is 0 Å². The quantitative estimate of drug-likeness (QED) is 0.128. The van der Waals surface area contributed by atoms with Crippen LogP contribution in [0.25, 0.3) is 0 Å². The highest BCUT2D eigenvalue weighted by atomic mass is 28.4. The summed E-state index contributed by atoms with van der Waals surface area (Å²) in [6.07, 6.45) is -6.14. The lowest BCUT2D eigenvalue weighted by Gasteiger charge is -2.49. The number of hydrogen-bond acceptors (Lipinski definition) is 8. The van der Waals surface area contributed by atoms with Crippen LogP contribution in [0, 0.1) is 0 Å². The maximum absolute atomic E-state index is 13.9. The van der Waals surface area contributed by atoms with Crippen molar-refractivity contribution in [3.05, 3.63) is 132 Å². The van der Waals surface area contributed by atoms with Gasteiger partial charge < -0.3 is 28.2 Å². The maximum Gasteiger partial charge on any atom is 0.338 e. The van der Waals surface area contributed by atoms with E-state index in [9.17, 15) is 14.7 Å². The van der Waals surface area contributed by atoms with Crippen molar-refractivity contribution in [2.24, 2.45) is 0 Å². The van der Waals surface area contributed by atoms with E-state index in [0.29, 0.717) is 11.1 Å². The van der Waals surface area contributed by atoms with Crippen molar-refractivity contribution in [1.29, 1.82) is 0 Å². The number of carbonyl (C=O) groups is 2. The minimum atomic E-state index is -3.09. The van der Waals surface area contributed by atoms with Gasteiger partial charge in [-0.1, -0.05) is 139 Å². The number of aliphatic hydroxyl groups is 1. The number of carbonyl (C=O) groups excluding carboxylic acids is 2. The van der Waals surface area contributed by atoms with Gasteiger partial charge in [0.1, 0.15) is 12.2 Å². The second-order valence-electron chi connectivity index (χ2n) is 15.9. The van der Waals surface area contributed by atoms with Gasteiger partial charge in [0.05, 0.1) is 17.7 Å². The molecule has 4 aromatic rings. The third-order valence-corrected chi connectivity index (χ3v) is 19.7. The molecule has 10 heteroatoms. The van der Waals surface area contributed by atoms with E-state index in [1.165, 1.54) is 0 Å². The predicted molar refractivity (Wildman–Crippen MR) is 208 cm³/mol. The summed E-state index contributed by atoms with van der Waals surface area (Å²) in [7, 11) is -5.77. The topological polar surface area (TPSA) is 101 Å². The van der Waals surface area contributed by atoms with E-state index in [4.69, 9.17) is 23.1 Å². The summed E-state index contributed by atoms with van der Waals surface area (Å²) < 4.78 is 33.0. The molecule has 1 fully saturated rings. The van der Waals surface area contributed by atoms with Crippen LogP contribution in [0.15, 0.2) is 121 Å². The number of benzene rings is 4. The first-order chi connectivity index (χ1) is 24.5. The lowest BCUT2D eigenvalue weighted by molar-refractivity contribution is -0.281. The first-order valence-corrected chi connectivity index (χ1v) is 22.7. The summed E-state index contributed by atoms with van der Waals surface area (Å²) in [4.78, 5) is 27.4. The maximum atomic E-state index is 13.9. The molecular weight excluding hydrogens is 689 g/mol. The summed E-state index contributed by atoms with van der Waals surface area (Å²) in [6.45, 7) is 16.9. The molecule has 276 valence electrons. The average Bonchev–Trinajstić information content (AvgIpc) is 3.11. The number of aliphatic hydroxyl groups excluding tert-OH is 1. The molecule has 0 amide bonds. The first kappa shape index (κ1) is 39.3. The molecule has 5 rings (SSSR count). The van der Waals surface area contributed by atoms with Gasteiger partial charge in [-0.3, -0.25) is 0 Å². The van der Waals surface area contributed by atoms with Crippen molar-refractivity contribution in [2.75, 3.05) is 6.61 Å². The lowest BCUT2D eigenvalue weighted by atomic mass is 9.98. The summed E-state index contributed by atoms with van der Waals surface area (Å²) in [5, 5.41) is 13.2. The highest BCUT2D eigenvalue weighted by Gasteiger charge is 2.56. The molecule has 1 N–H and O–H groups in total. The van der Waals surface area contributed by atoms with Crippen molar-refractivity contribution >= 4 is 38.9 Å². The highest BCUT2D eigenvalue weighted by molar-refractivity contribution is 6.99. The molecule has 8 nitrogen and oxygen atoms in total. The largest absolute Gasteiger partial charge is 0.453 e. The van der Waals surface area contributed by atoms with Gasteiger partial charge in [0.15, 0.2) is 26.8 Å². The van der Waals surface area contributed by atoms with E-state index in [1.54, 1.807) is 54.6 Å². The van der Waals surface area contributed by atoms with E-state index in [0.717, 1.165) is 10.4 Å². The van der Waals surface area contributed by atoms with Crippen molar-refractivity contribution in [2.45, 2.75) is 95.4 Å². The predicted octanol–water partition coefficient (Wildman–Crippen LogP) is 7.12. The fraction of sp³-hybridized carbons (Fsp3) is 0.381. The lowest BCUT2D eigenvalue weighted by Crippen LogP contribution is -2.69. The van der Waals surface area contributed by atoms with E-state index < -0.39 is 59.3 Å². The molecule has 1 saturated heterocycles. The molecule has 0 saturated carbocycles. The van der Waals surface area contributed by atoms with E-state index in [2.05, 4.69) is 78.9 Å². The second kappa shape index (κ2) is 16.0. The Morgan fingerprint density at radius 2 is 1.02 bits per heavy atom. The number of hydrogen-bond donors (Lipinski definition) is 1. The number of esters is 2. The molecule has 5 atom stereocenters. The van der Waals surface area contributed by atoms with Crippen LogP contribution in [-0.4, -0.2) is 71.0 Å². The molecule has 0 spiro atoms. The Bertz CT molecular complexity index is 1720. The van der Waals surface area contributed by atoms with Crippen LogP contribution in [0.1, 0.15) is 62.3 Å². The molecule has 4 aromatic carbocycles. The van der Waals surface area contributed by atoms with Crippen LogP contribution in [0.5, 0.6) is 0 Å². The summed E-state index contributed by atoms with van der Waals surface area (Å²) in [5.41, 5.74) is 0.639. The fourth-order valence-corrected chi connectivity index (χ4v) is 12.3. The van der Waals surface area contributed by atoms with Gasteiger partial charge in [0.2, 0.25) is 0 Å². The zero-order valence-corrected chi connectivity index (χ0v) is 33.4. The third-order valence-electron chi connectivity index (χ3n) is 10.2. The number of rotatable bonds is 11. The Morgan fingerprint density at radius 3 is 1.42 bits per heavy atom. The highest BCUT2D eigenvalue weighted by Crippen LogP contribution is 2.42. The van der Waals surface area contributed by atoms with Gasteiger partial charge in [-0.2, -0.15) is 0 Å². The van der Waals surface area contributed by atoms with E-state index in [1.807, 2.05) is 42.5 Å². The Kier molecular flexibility index (Phi) is 12.1. The van der Waals surface area contributed by atoms with Crippen molar-refractivity contribution < 1.29 is 37.8 Å². The van der Waals surface area contributed by atoms with Crippen LogP contribution in [0.3, 0.4) is 0 Å². The zero-order valence-electron chi connectivity index (χ0n) is 31.4. The molecule has 1 heterocycles. The van der Waals surface area contributed by atoms with Crippen molar-refractivity contribution in [1.82, 2.24) is 0 Å². The average molecular weight is 741 g/mol. The third kappa shape index (κ3) is 8.49. The summed E-state index contributed by atoms with van der Waals surface area (Å²) in [5.74, 6) is -1.26. The first-order valence-electron chi connectivity index (χ1n) is 17.8. The molecule has 1 aliphatic heterocycles. The van der Waals surface area contributed by atoms with Gasteiger partial charge in [0.25, 0.3) is 8.32 Å². The molecule has 0 unspecified atom stereocenters. The minimum absolute atomic E-state index is 0.0478.